The molecule has 0 aromatic rings. The Morgan fingerprint density at radius 1 is 1.03 bits per heavy atom. The van der Waals surface area contributed by atoms with Crippen molar-refractivity contribution in [1.29, 1.82) is 0 Å². The van der Waals surface area contributed by atoms with Gasteiger partial charge in [0.1, 0.15) is 11.9 Å². The van der Waals surface area contributed by atoms with Crippen molar-refractivity contribution >= 4 is 11.9 Å². The molecule has 0 spiro atoms. The van der Waals surface area contributed by atoms with Gasteiger partial charge in [0.15, 0.2) is 0 Å². The smallest absolute Gasteiger partial charge is 0.431 e. The van der Waals surface area contributed by atoms with Crippen LogP contribution in [-0.2, 0) is 14.3 Å². The van der Waals surface area contributed by atoms with E-state index < -0.39 is 6.16 Å². The standard InChI is InChI=1S/C27H44NO4/c1-6-28(7-2,8-3)18-31-25(30)32-20-13-15-26(4)19(17-20)9-10-21-22-11-12-24(29)27(22,5)16-14-23(21)26/h9,20-23H,6-8,10-18H2,1-5H3/q+1/t20-,21?,22?,23?,26-,27-/m0/s1. The summed E-state index contributed by atoms with van der Waals surface area (Å²) >= 11 is 0. The van der Waals surface area contributed by atoms with E-state index in [1.165, 1.54) is 5.57 Å². The number of carbonyl (C=O) groups excluding carboxylic acids is 2. The Bertz CT molecular complexity index is 763. The molecule has 0 radical (unpaired) electrons. The Morgan fingerprint density at radius 2 is 1.69 bits per heavy atom. The summed E-state index contributed by atoms with van der Waals surface area (Å²) in [5, 5.41) is 0. The van der Waals surface area contributed by atoms with Gasteiger partial charge < -0.3 is 9.47 Å². The highest BCUT2D eigenvalue weighted by molar-refractivity contribution is 5.87. The third-order valence-electron chi connectivity index (χ3n) is 10.5. The zero-order valence-electron chi connectivity index (χ0n) is 21.0. The van der Waals surface area contributed by atoms with Crippen molar-refractivity contribution < 1.29 is 23.5 Å². The fourth-order valence-electron chi connectivity index (χ4n) is 7.80. The maximum atomic E-state index is 12.6. The Balaban J connectivity index is 1.39. The summed E-state index contributed by atoms with van der Waals surface area (Å²) in [6.45, 7) is 14.3. The molecule has 4 aliphatic rings. The molecule has 0 aliphatic heterocycles. The fraction of sp³-hybridized carbons (Fsp3) is 0.852. The Hall–Kier alpha value is -1.36. The third kappa shape index (κ3) is 3.82. The first-order chi connectivity index (χ1) is 15.2. The largest absolute Gasteiger partial charge is 0.512 e. The number of hydrogen-bond acceptors (Lipinski definition) is 4. The van der Waals surface area contributed by atoms with Crippen LogP contribution in [0.15, 0.2) is 11.6 Å². The predicted octanol–water partition coefficient (Wildman–Crippen LogP) is 5.87. The quantitative estimate of drug-likeness (QED) is 0.221. The molecule has 3 saturated carbocycles. The van der Waals surface area contributed by atoms with Crippen molar-refractivity contribution in [1.82, 2.24) is 0 Å². The highest BCUT2D eigenvalue weighted by atomic mass is 16.7. The molecule has 5 heteroatoms. The lowest BCUT2D eigenvalue weighted by atomic mass is 9.48. The molecule has 0 aromatic heterocycles. The number of rotatable bonds is 6. The van der Waals surface area contributed by atoms with Crippen LogP contribution < -0.4 is 0 Å². The van der Waals surface area contributed by atoms with Gasteiger partial charge in [-0.2, -0.15) is 0 Å². The summed E-state index contributed by atoms with van der Waals surface area (Å²) in [4.78, 5) is 25.1. The molecule has 4 rings (SSSR count). The van der Waals surface area contributed by atoms with Crippen molar-refractivity contribution in [3.05, 3.63) is 11.6 Å². The molecule has 0 aromatic carbocycles. The summed E-state index contributed by atoms with van der Waals surface area (Å²) in [6, 6.07) is 0. The van der Waals surface area contributed by atoms with E-state index in [4.69, 9.17) is 9.47 Å². The van der Waals surface area contributed by atoms with E-state index in [9.17, 15) is 9.59 Å². The van der Waals surface area contributed by atoms with Crippen LogP contribution in [-0.4, -0.2) is 48.9 Å². The number of allylic oxidation sites excluding steroid dienone is 1. The molecule has 3 fully saturated rings. The first-order valence-corrected chi connectivity index (χ1v) is 13.1. The van der Waals surface area contributed by atoms with Crippen LogP contribution in [0, 0.1) is 28.6 Å². The molecular weight excluding hydrogens is 402 g/mol. The van der Waals surface area contributed by atoms with Gasteiger partial charge in [-0.15, -0.1) is 0 Å². The van der Waals surface area contributed by atoms with Crippen molar-refractivity contribution in [3.63, 3.8) is 0 Å². The number of quaternary nitrogens is 1. The minimum atomic E-state index is -0.511. The van der Waals surface area contributed by atoms with E-state index in [1.54, 1.807) is 0 Å². The number of carbonyl (C=O) groups is 2. The second-order valence-electron chi connectivity index (χ2n) is 11.5. The molecule has 180 valence electrons. The number of hydrogen-bond donors (Lipinski definition) is 0. The maximum absolute atomic E-state index is 12.6. The van der Waals surface area contributed by atoms with Gasteiger partial charge in [-0.1, -0.05) is 25.5 Å². The highest BCUT2D eigenvalue weighted by Gasteiger charge is 2.58. The van der Waals surface area contributed by atoms with E-state index in [0.717, 1.165) is 75.5 Å². The SMILES string of the molecule is CC[N+](CC)(CC)COC(=O)O[C@H]1CC[C@@]2(C)C(=CCC3C2CC[C@]2(C)C(=O)CCC32)C1. The van der Waals surface area contributed by atoms with Crippen LogP contribution >= 0.6 is 0 Å². The molecular formula is C27H44NO4+. The van der Waals surface area contributed by atoms with E-state index in [1.807, 2.05) is 0 Å². The molecule has 5 nitrogen and oxygen atoms in total. The molecule has 32 heavy (non-hydrogen) atoms. The Kier molecular flexibility index (Phi) is 6.52. The zero-order chi connectivity index (χ0) is 23.1. The second kappa shape index (κ2) is 8.77. The van der Waals surface area contributed by atoms with Crippen LogP contribution in [0.4, 0.5) is 4.79 Å². The summed E-state index contributed by atoms with van der Waals surface area (Å²) in [5.74, 6) is 2.37. The fourth-order valence-corrected chi connectivity index (χ4v) is 7.80. The number of Topliss-reactive ketones (excluding diaryl/α,β-unsaturated/α-hetero) is 1. The monoisotopic (exact) mass is 446 g/mol. The van der Waals surface area contributed by atoms with Crippen molar-refractivity contribution in [2.45, 2.75) is 92.1 Å². The molecule has 0 bridgehead atoms. The van der Waals surface area contributed by atoms with Gasteiger partial charge in [0, 0.05) is 18.3 Å². The number of fused-ring (bicyclic) bond motifs is 5. The van der Waals surface area contributed by atoms with Crippen LogP contribution in [0.1, 0.15) is 86.0 Å². The number of ether oxygens (including phenoxy) is 2. The first-order valence-electron chi connectivity index (χ1n) is 13.1. The molecule has 6 atom stereocenters. The topological polar surface area (TPSA) is 52.6 Å². The summed E-state index contributed by atoms with van der Waals surface area (Å²) in [6.07, 6.45) is 9.84. The van der Waals surface area contributed by atoms with Gasteiger partial charge in [-0.25, -0.2) is 4.79 Å². The number of nitrogens with zero attached hydrogens (tertiary/aromatic N) is 1. The average Bonchev–Trinajstić information content (AvgIpc) is 3.10. The molecule has 0 heterocycles. The zero-order valence-corrected chi connectivity index (χ0v) is 21.0. The van der Waals surface area contributed by atoms with Crippen molar-refractivity contribution in [2.24, 2.45) is 28.6 Å². The molecule has 4 aliphatic carbocycles. The molecule has 3 unspecified atom stereocenters. The lowest BCUT2D eigenvalue weighted by Gasteiger charge is -2.56. The normalized spacial score (nSPS) is 38.9. The van der Waals surface area contributed by atoms with Crippen LogP contribution in [0.25, 0.3) is 0 Å². The third-order valence-corrected chi connectivity index (χ3v) is 10.5. The predicted molar refractivity (Wildman–Crippen MR) is 125 cm³/mol. The van der Waals surface area contributed by atoms with Crippen LogP contribution in [0.5, 0.6) is 0 Å². The minimum Gasteiger partial charge on any atom is -0.431 e. The van der Waals surface area contributed by atoms with Crippen molar-refractivity contribution in [2.75, 3.05) is 26.4 Å². The lowest BCUT2D eigenvalue weighted by molar-refractivity contribution is -0.939. The van der Waals surface area contributed by atoms with E-state index in [2.05, 4.69) is 40.7 Å². The lowest BCUT2D eigenvalue weighted by Crippen LogP contribution is -2.51. The second-order valence-corrected chi connectivity index (χ2v) is 11.5. The average molecular weight is 447 g/mol. The summed E-state index contributed by atoms with van der Waals surface area (Å²) < 4.78 is 12.1. The van der Waals surface area contributed by atoms with E-state index >= 15 is 0 Å². The van der Waals surface area contributed by atoms with Gasteiger partial charge in [-0.3, -0.25) is 9.28 Å². The van der Waals surface area contributed by atoms with Gasteiger partial charge in [0.25, 0.3) is 0 Å². The van der Waals surface area contributed by atoms with Gasteiger partial charge in [-0.05, 0) is 82.5 Å². The number of ketones is 1. The maximum Gasteiger partial charge on any atom is 0.512 e. The van der Waals surface area contributed by atoms with Gasteiger partial charge in [0.05, 0.1) is 19.6 Å². The van der Waals surface area contributed by atoms with Gasteiger partial charge >= 0.3 is 6.16 Å². The molecule has 0 N–H and O–H groups in total. The van der Waals surface area contributed by atoms with Crippen molar-refractivity contribution in [3.8, 4) is 0 Å². The van der Waals surface area contributed by atoms with Gasteiger partial charge in [0.2, 0.25) is 6.73 Å². The highest BCUT2D eigenvalue weighted by Crippen LogP contribution is 2.64. The van der Waals surface area contributed by atoms with E-state index in [-0.39, 0.29) is 16.9 Å². The molecule has 0 saturated heterocycles. The summed E-state index contributed by atoms with van der Waals surface area (Å²) in [5.41, 5.74) is 1.60. The van der Waals surface area contributed by atoms with E-state index in [0.29, 0.717) is 30.3 Å². The van der Waals surface area contributed by atoms with Crippen LogP contribution in [0.3, 0.4) is 0 Å². The molecule has 0 amide bonds. The Labute approximate surface area is 194 Å². The minimum absolute atomic E-state index is 0.0733. The first kappa shape index (κ1) is 23.8. The summed E-state index contributed by atoms with van der Waals surface area (Å²) in [7, 11) is 0. The Morgan fingerprint density at radius 3 is 2.38 bits per heavy atom. The van der Waals surface area contributed by atoms with Crippen LogP contribution in [0.2, 0.25) is 0 Å².